The molecular weight excluding hydrogens is 314 g/mol. The zero-order chi connectivity index (χ0) is 17.1. The number of carbonyl (C=O) groups is 1. The maximum Gasteiger partial charge on any atom is 0.322 e. The Morgan fingerprint density at radius 1 is 1.21 bits per heavy atom. The van der Waals surface area contributed by atoms with Crippen LogP contribution in [-0.2, 0) is 13.0 Å². The van der Waals surface area contributed by atoms with E-state index in [1.54, 1.807) is 0 Å². The molecule has 1 aliphatic heterocycles. The minimum absolute atomic E-state index is 0.373. The van der Waals surface area contributed by atoms with E-state index in [1.807, 2.05) is 25.1 Å². The zero-order valence-electron chi connectivity index (χ0n) is 13.3. The number of amides is 2. The number of halogens is 2. The number of fused-ring (bicyclic) bond motifs is 1. The third-order valence-electron chi connectivity index (χ3n) is 3.98. The van der Waals surface area contributed by atoms with Gasteiger partial charge in [0, 0.05) is 13.1 Å². The molecule has 4 nitrogen and oxygen atoms in total. The van der Waals surface area contributed by atoms with Gasteiger partial charge in [0.1, 0.15) is 23.1 Å². The number of hydrogen-bond acceptors (Lipinski definition) is 2. The number of carbonyl (C=O) groups excluding carboxylic acids is 1. The Labute approximate surface area is 139 Å². The van der Waals surface area contributed by atoms with Crippen LogP contribution in [0, 0.1) is 11.6 Å². The van der Waals surface area contributed by atoms with E-state index in [4.69, 9.17) is 4.74 Å². The lowest BCUT2D eigenvalue weighted by Crippen LogP contribution is -2.39. The van der Waals surface area contributed by atoms with Crippen LogP contribution in [0.2, 0.25) is 0 Å². The fourth-order valence-corrected chi connectivity index (χ4v) is 2.77. The number of benzene rings is 2. The smallest absolute Gasteiger partial charge is 0.322 e. The van der Waals surface area contributed by atoms with Gasteiger partial charge in [-0.2, -0.15) is 0 Å². The summed E-state index contributed by atoms with van der Waals surface area (Å²) >= 11 is 0. The van der Waals surface area contributed by atoms with Gasteiger partial charge < -0.3 is 15.0 Å². The summed E-state index contributed by atoms with van der Waals surface area (Å²) < 4.78 is 32.8. The molecule has 1 heterocycles. The number of urea groups is 1. The molecule has 0 aliphatic carbocycles. The Morgan fingerprint density at radius 3 is 2.67 bits per heavy atom. The monoisotopic (exact) mass is 332 g/mol. The van der Waals surface area contributed by atoms with E-state index in [1.165, 1.54) is 11.0 Å². The van der Waals surface area contributed by atoms with Gasteiger partial charge in [-0.25, -0.2) is 13.6 Å². The van der Waals surface area contributed by atoms with Crippen LogP contribution in [0.1, 0.15) is 18.1 Å². The predicted octanol–water partition coefficient (Wildman–Crippen LogP) is 3.95. The summed E-state index contributed by atoms with van der Waals surface area (Å²) in [5.74, 6) is -0.836. The number of nitrogens with one attached hydrogen (secondary N) is 1. The molecule has 0 saturated heterocycles. The van der Waals surface area contributed by atoms with Crippen LogP contribution in [0.15, 0.2) is 36.4 Å². The summed E-state index contributed by atoms with van der Waals surface area (Å²) in [5.41, 5.74) is 1.72. The van der Waals surface area contributed by atoms with Gasteiger partial charge in [-0.3, -0.25) is 0 Å². The molecule has 0 fully saturated rings. The second kappa shape index (κ2) is 6.86. The molecule has 0 bridgehead atoms. The average molecular weight is 332 g/mol. The molecule has 0 spiro atoms. The lowest BCUT2D eigenvalue weighted by Gasteiger charge is -2.29. The molecule has 0 saturated carbocycles. The number of nitrogens with zero attached hydrogens (tertiary/aromatic N) is 1. The summed E-state index contributed by atoms with van der Waals surface area (Å²) in [5, 5.41) is 2.32. The van der Waals surface area contributed by atoms with Crippen molar-refractivity contribution in [2.24, 2.45) is 0 Å². The predicted molar refractivity (Wildman–Crippen MR) is 87.1 cm³/mol. The van der Waals surface area contributed by atoms with E-state index in [2.05, 4.69) is 5.32 Å². The molecule has 0 atom stereocenters. The first-order valence-corrected chi connectivity index (χ1v) is 7.83. The first kappa shape index (κ1) is 16.2. The molecule has 6 heteroatoms. The van der Waals surface area contributed by atoms with Gasteiger partial charge >= 0.3 is 6.03 Å². The van der Waals surface area contributed by atoms with E-state index in [0.717, 1.165) is 29.0 Å². The van der Waals surface area contributed by atoms with Crippen molar-refractivity contribution < 1.29 is 18.3 Å². The molecular formula is C18H18F2N2O2. The summed E-state index contributed by atoms with van der Waals surface area (Å²) in [7, 11) is 0. The van der Waals surface area contributed by atoms with Gasteiger partial charge in [-0.05, 0) is 48.7 Å². The third kappa shape index (κ3) is 3.32. The first-order valence-electron chi connectivity index (χ1n) is 7.83. The highest BCUT2D eigenvalue weighted by atomic mass is 19.1. The standard InChI is InChI=1S/C18H18F2N2O2/c1-2-24-14-7-6-12-8-9-22(11-13(12)10-14)18(23)21-17-15(19)4-3-5-16(17)20/h3-7,10H,2,8-9,11H2,1H3,(H,21,23). The van der Waals surface area contributed by atoms with Crippen LogP contribution in [0.5, 0.6) is 5.75 Å². The van der Waals surface area contributed by atoms with Crippen molar-refractivity contribution in [1.29, 1.82) is 0 Å². The van der Waals surface area contributed by atoms with Crippen molar-refractivity contribution in [3.05, 3.63) is 59.2 Å². The van der Waals surface area contributed by atoms with Crippen molar-refractivity contribution in [3.8, 4) is 5.75 Å². The molecule has 1 aliphatic rings. The number of hydrogen-bond donors (Lipinski definition) is 1. The second-order valence-corrected chi connectivity index (χ2v) is 5.56. The van der Waals surface area contributed by atoms with Crippen LogP contribution < -0.4 is 10.1 Å². The molecule has 2 aromatic carbocycles. The maximum absolute atomic E-state index is 13.7. The van der Waals surface area contributed by atoms with Crippen LogP contribution in [-0.4, -0.2) is 24.1 Å². The number of rotatable bonds is 3. The first-order chi connectivity index (χ1) is 11.6. The fraction of sp³-hybridized carbons (Fsp3) is 0.278. The van der Waals surface area contributed by atoms with Crippen molar-refractivity contribution in [1.82, 2.24) is 4.90 Å². The Bertz CT molecular complexity index is 744. The van der Waals surface area contributed by atoms with Crippen LogP contribution in [0.25, 0.3) is 0 Å². The highest BCUT2D eigenvalue weighted by Crippen LogP contribution is 2.25. The molecule has 0 unspecified atom stereocenters. The largest absolute Gasteiger partial charge is 0.494 e. The SMILES string of the molecule is CCOc1ccc2c(c1)CN(C(=O)Nc1c(F)cccc1F)CC2. The molecule has 126 valence electrons. The van der Waals surface area contributed by atoms with E-state index in [9.17, 15) is 13.6 Å². The fourth-order valence-electron chi connectivity index (χ4n) is 2.77. The Balaban J connectivity index is 1.74. The lowest BCUT2D eigenvalue weighted by atomic mass is 10.00. The van der Waals surface area contributed by atoms with Gasteiger partial charge in [0.05, 0.1) is 6.61 Å². The van der Waals surface area contributed by atoms with Crippen LogP contribution in [0.3, 0.4) is 0 Å². The van der Waals surface area contributed by atoms with E-state index < -0.39 is 23.4 Å². The van der Waals surface area contributed by atoms with Crippen LogP contribution in [0.4, 0.5) is 19.3 Å². The quantitative estimate of drug-likeness (QED) is 0.924. The Morgan fingerprint density at radius 2 is 1.96 bits per heavy atom. The number of anilines is 1. The molecule has 24 heavy (non-hydrogen) atoms. The van der Waals surface area contributed by atoms with Gasteiger partial charge in [-0.15, -0.1) is 0 Å². The summed E-state index contributed by atoms with van der Waals surface area (Å²) in [6, 6.07) is 8.76. The third-order valence-corrected chi connectivity index (χ3v) is 3.98. The van der Waals surface area contributed by atoms with E-state index in [-0.39, 0.29) is 0 Å². The highest BCUT2D eigenvalue weighted by molar-refractivity contribution is 5.89. The van der Waals surface area contributed by atoms with Gasteiger partial charge in [0.25, 0.3) is 0 Å². The minimum atomic E-state index is -0.792. The van der Waals surface area contributed by atoms with Crippen molar-refractivity contribution >= 4 is 11.7 Å². The maximum atomic E-state index is 13.7. The van der Waals surface area contributed by atoms with Crippen LogP contribution >= 0.6 is 0 Å². The summed E-state index contributed by atoms with van der Waals surface area (Å²) in [4.78, 5) is 13.9. The second-order valence-electron chi connectivity index (χ2n) is 5.56. The Kier molecular flexibility index (Phi) is 4.64. The topological polar surface area (TPSA) is 41.6 Å². The van der Waals surface area contributed by atoms with Crippen molar-refractivity contribution in [3.63, 3.8) is 0 Å². The molecule has 1 N–H and O–H groups in total. The van der Waals surface area contributed by atoms with Gasteiger partial charge in [-0.1, -0.05) is 12.1 Å². The molecule has 0 aromatic heterocycles. The van der Waals surface area contributed by atoms with Gasteiger partial charge in [0.15, 0.2) is 0 Å². The highest BCUT2D eigenvalue weighted by Gasteiger charge is 2.23. The lowest BCUT2D eigenvalue weighted by molar-refractivity contribution is 0.206. The normalized spacial score (nSPS) is 13.4. The van der Waals surface area contributed by atoms with Gasteiger partial charge in [0.2, 0.25) is 0 Å². The zero-order valence-corrected chi connectivity index (χ0v) is 13.3. The molecule has 2 aromatic rings. The Hall–Kier alpha value is -2.63. The van der Waals surface area contributed by atoms with Crippen molar-refractivity contribution in [2.75, 3.05) is 18.5 Å². The van der Waals surface area contributed by atoms with Crippen molar-refractivity contribution in [2.45, 2.75) is 19.9 Å². The van der Waals surface area contributed by atoms with E-state index in [0.29, 0.717) is 26.1 Å². The number of para-hydroxylation sites is 1. The summed E-state index contributed by atoms with van der Waals surface area (Å²) in [6.07, 6.45) is 0.689. The summed E-state index contributed by atoms with van der Waals surface area (Å²) in [6.45, 7) is 3.33. The molecule has 2 amide bonds. The van der Waals surface area contributed by atoms with E-state index >= 15 is 0 Å². The minimum Gasteiger partial charge on any atom is -0.494 e. The molecule has 3 rings (SSSR count). The molecule has 0 radical (unpaired) electrons. The average Bonchev–Trinajstić information content (AvgIpc) is 2.58. The number of ether oxygens (including phenoxy) is 1.